The molecule has 16 heavy (non-hydrogen) atoms. The molecule has 3 heteroatoms. The topological polar surface area (TPSA) is 57.5 Å². The number of carboxylic acids is 1. The van der Waals surface area contributed by atoms with Crippen LogP contribution in [0.4, 0.5) is 0 Å². The van der Waals surface area contributed by atoms with Crippen LogP contribution in [-0.2, 0) is 11.2 Å². The Morgan fingerprint density at radius 3 is 2.69 bits per heavy atom. The predicted molar refractivity (Wildman–Crippen MR) is 61.2 cm³/mol. The molecule has 84 valence electrons. The molecule has 0 bridgehead atoms. The number of hydrogen-bond donors (Lipinski definition) is 2. The summed E-state index contributed by atoms with van der Waals surface area (Å²) in [5.41, 5.74) is 2.02. The first-order chi connectivity index (χ1) is 7.41. The van der Waals surface area contributed by atoms with Gasteiger partial charge < -0.3 is 10.2 Å². The molecular weight excluding hydrogens is 204 g/mol. The predicted octanol–water partition coefficient (Wildman–Crippen LogP) is 2.44. The fraction of sp³-hybridized carbons (Fsp3) is 0.308. The highest BCUT2D eigenvalue weighted by molar-refractivity contribution is 5.82. The third kappa shape index (κ3) is 1.58. The van der Waals surface area contributed by atoms with E-state index < -0.39 is 11.4 Å². The summed E-state index contributed by atoms with van der Waals surface area (Å²) in [4.78, 5) is 11.1. The maximum Gasteiger partial charge on any atom is 0.313 e. The standard InChI is InChI=1S/C13H14O3/c1-13(2,12(15)16)10-5-8-3-4-11(14)7-9(8)6-10/h3-4,6-7,14H,5H2,1-2H3,(H,15,16). The summed E-state index contributed by atoms with van der Waals surface area (Å²) < 4.78 is 0. The van der Waals surface area contributed by atoms with Crippen LogP contribution >= 0.6 is 0 Å². The van der Waals surface area contributed by atoms with Crippen molar-refractivity contribution in [2.45, 2.75) is 20.3 Å². The van der Waals surface area contributed by atoms with E-state index in [2.05, 4.69) is 0 Å². The minimum Gasteiger partial charge on any atom is -0.508 e. The zero-order chi connectivity index (χ0) is 11.9. The Labute approximate surface area is 94.0 Å². The molecule has 0 amide bonds. The van der Waals surface area contributed by atoms with E-state index in [-0.39, 0.29) is 5.75 Å². The zero-order valence-electron chi connectivity index (χ0n) is 9.32. The second kappa shape index (κ2) is 3.37. The summed E-state index contributed by atoms with van der Waals surface area (Å²) >= 11 is 0. The largest absolute Gasteiger partial charge is 0.508 e. The van der Waals surface area contributed by atoms with Crippen LogP contribution in [0.5, 0.6) is 5.75 Å². The number of carbonyl (C=O) groups is 1. The van der Waals surface area contributed by atoms with Crippen LogP contribution in [0.2, 0.25) is 0 Å². The second-order valence-electron chi connectivity index (χ2n) is 4.66. The number of aromatic hydroxyl groups is 1. The number of phenolic OH excluding ortho intramolecular Hbond substituents is 1. The van der Waals surface area contributed by atoms with Crippen LogP contribution in [0.1, 0.15) is 25.0 Å². The van der Waals surface area contributed by atoms with Gasteiger partial charge in [0.2, 0.25) is 0 Å². The van der Waals surface area contributed by atoms with Gasteiger partial charge in [-0.2, -0.15) is 0 Å². The first-order valence-electron chi connectivity index (χ1n) is 5.17. The first kappa shape index (κ1) is 10.7. The van der Waals surface area contributed by atoms with E-state index in [1.54, 1.807) is 26.0 Å². The van der Waals surface area contributed by atoms with E-state index in [0.717, 1.165) is 16.7 Å². The lowest BCUT2D eigenvalue weighted by Crippen LogP contribution is -2.26. The second-order valence-corrected chi connectivity index (χ2v) is 4.66. The van der Waals surface area contributed by atoms with E-state index in [9.17, 15) is 9.90 Å². The molecule has 1 aromatic carbocycles. The molecule has 0 atom stereocenters. The number of carboxylic acid groups (broad SMARTS) is 1. The average molecular weight is 218 g/mol. The van der Waals surface area contributed by atoms with Crippen molar-refractivity contribution in [3.63, 3.8) is 0 Å². The van der Waals surface area contributed by atoms with E-state index >= 15 is 0 Å². The van der Waals surface area contributed by atoms with Crippen molar-refractivity contribution in [3.8, 4) is 5.75 Å². The number of benzene rings is 1. The number of hydrogen-bond acceptors (Lipinski definition) is 2. The normalized spacial score (nSPS) is 14.5. The van der Waals surface area contributed by atoms with Gasteiger partial charge >= 0.3 is 5.97 Å². The van der Waals surface area contributed by atoms with Crippen LogP contribution < -0.4 is 0 Å². The molecule has 0 aromatic heterocycles. The van der Waals surface area contributed by atoms with E-state index in [4.69, 9.17) is 5.11 Å². The summed E-state index contributed by atoms with van der Waals surface area (Å²) in [5.74, 6) is -0.611. The van der Waals surface area contributed by atoms with Crippen molar-refractivity contribution in [1.82, 2.24) is 0 Å². The maximum atomic E-state index is 11.1. The molecule has 0 fully saturated rings. The summed E-state index contributed by atoms with van der Waals surface area (Å²) in [7, 11) is 0. The highest BCUT2D eigenvalue weighted by Gasteiger charge is 2.34. The lowest BCUT2D eigenvalue weighted by molar-refractivity contribution is -0.144. The smallest absolute Gasteiger partial charge is 0.313 e. The highest BCUT2D eigenvalue weighted by atomic mass is 16.4. The van der Waals surface area contributed by atoms with Crippen LogP contribution in [0.25, 0.3) is 6.08 Å². The lowest BCUT2D eigenvalue weighted by Gasteiger charge is -2.20. The van der Waals surface area contributed by atoms with Gasteiger partial charge in [0.25, 0.3) is 0 Å². The summed E-state index contributed by atoms with van der Waals surface area (Å²) in [6.45, 7) is 3.40. The molecule has 2 rings (SSSR count). The monoisotopic (exact) mass is 218 g/mol. The Hall–Kier alpha value is -1.77. The Morgan fingerprint density at radius 2 is 2.06 bits per heavy atom. The third-order valence-corrected chi connectivity index (χ3v) is 3.18. The molecule has 1 aliphatic carbocycles. The van der Waals surface area contributed by atoms with Crippen molar-refractivity contribution in [1.29, 1.82) is 0 Å². The minimum absolute atomic E-state index is 0.212. The van der Waals surface area contributed by atoms with Gasteiger partial charge in [0.15, 0.2) is 0 Å². The van der Waals surface area contributed by atoms with E-state index in [1.165, 1.54) is 0 Å². The summed E-state index contributed by atoms with van der Waals surface area (Å²) in [5, 5.41) is 18.5. The summed E-state index contributed by atoms with van der Waals surface area (Å²) in [6, 6.07) is 5.13. The molecule has 0 radical (unpaired) electrons. The molecule has 0 spiro atoms. The fourth-order valence-electron chi connectivity index (χ4n) is 1.86. The van der Waals surface area contributed by atoms with Crippen LogP contribution in [0.3, 0.4) is 0 Å². The maximum absolute atomic E-state index is 11.1. The Kier molecular flexibility index (Phi) is 2.26. The first-order valence-corrected chi connectivity index (χ1v) is 5.17. The van der Waals surface area contributed by atoms with Crippen molar-refractivity contribution in [2.24, 2.45) is 5.41 Å². The van der Waals surface area contributed by atoms with Gasteiger partial charge in [-0.15, -0.1) is 0 Å². The van der Waals surface area contributed by atoms with Crippen LogP contribution in [0.15, 0.2) is 23.8 Å². The SMILES string of the molecule is CC(C)(C(=O)O)C1=Cc2cc(O)ccc2C1. The summed E-state index contributed by atoms with van der Waals surface area (Å²) in [6.07, 6.45) is 2.51. The van der Waals surface area contributed by atoms with Crippen molar-refractivity contribution >= 4 is 12.0 Å². The molecule has 2 N–H and O–H groups in total. The van der Waals surface area contributed by atoms with Gasteiger partial charge in [-0.25, -0.2) is 0 Å². The Balaban J connectivity index is 2.39. The molecule has 1 aromatic rings. The van der Waals surface area contributed by atoms with Gasteiger partial charge in [0, 0.05) is 0 Å². The molecule has 0 heterocycles. The third-order valence-electron chi connectivity index (χ3n) is 3.18. The molecular formula is C13H14O3. The number of aliphatic carboxylic acids is 1. The molecule has 0 aliphatic heterocycles. The minimum atomic E-state index is -0.853. The van der Waals surface area contributed by atoms with E-state index in [0.29, 0.717) is 6.42 Å². The highest BCUT2D eigenvalue weighted by Crippen LogP contribution is 2.37. The van der Waals surface area contributed by atoms with Crippen molar-refractivity contribution in [3.05, 3.63) is 34.9 Å². The van der Waals surface area contributed by atoms with Gasteiger partial charge in [0.1, 0.15) is 5.75 Å². The van der Waals surface area contributed by atoms with Gasteiger partial charge in [0.05, 0.1) is 5.41 Å². The number of fused-ring (bicyclic) bond motifs is 1. The number of phenols is 1. The van der Waals surface area contributed by atoms with E-state index in [1.807, 2.05) is 12.1 Å². The van der Waals surface area contributed by atoms with Gasteiger partial charge in [-0.3, -0.25) is 4.79 Å². The van der Waals surface area contributed by atoms with Gasteiger partial charge in [-0.05, 0) is 49.1 Å². The Bertz CT molecular complexity index is 484. The zero-order valence-corrected chi connectivity index (χ0v) is 9.32. The quantitative estimate of drug-likeness (QED) is 0.801. The van der Waals surface area contributed by atoms with Crippen LogP contribution in [0, 0.1) is 5.41 Å². The van der Waals surface area contributed by atoms with Crippen LogP contribution in [-0.4, -0.2) is 16.2 Å². The molecule has 0 saturated heterocycles. The average Bonchev–Trinajstić information content (AvgIpc) is 2.60. The fourth-order valence-corrected chi connectivity index (χ4v) is 1.86. The Morgan fingerprint density at radius 1 is 1.38 bits per heavy atom. The molecule has 1 aliphatic rings. The van der Waals surface area contributed by atoms with Crippen molar-refractivity contribution < 1.29 is 15.0 Å². The molecule has 3 nitrogen and oxygen atoms in total. The van der Waals surface area contributed by atoms with Gasteiger partial charge in [-0.1, -0.05) is 12.1 Å². The number of rotatable bonds is 2. The molecule has 0 unspecified atom stereocenters. The lowest BCUT2D eigenvalue weighted by atomic mass is 9.83. The van der Waals surface area contributed by atoms with Crippen molar-refractivity contribution in [2.75, 3.05) is 0 Å². The molecule has 0 saturated carbocycles.